The monoisotopic (exact) mass is 334 g/mol. The molecule has 0 saturated heterocycles. The first-order chi connectivity index (χ1) is 10.3. The summed E-state index contributed by atoms with van der Waals surface area (Å²) in [6.07, 6.45) is 12.4. The van der Waals surface area contributed by atoms with E-state index in [1.54, 1.807) is 0 Å². The van der Waals surface area contributed by atoms with E-state index in [4.69, 9.17) is 4.18 Å². The second kappa shape index (κ2) is 9.63. The molecule has 0 aromatic heterocycles. The normalized spacial score (nSPS) is 27.8. The summed E-state index contributed by atoms with van der Waals surface area (Å²) in [6, 6.07) is 0. The first-order valence-corrected chi connectivity index (χ1v) is 10.3. The Hall–Kier alpha value is -0.460. The van der Waals surface area contributed by atoms with Crippen LogP contribution in [0, 0.1) is 0 Å². The van der Waals surface area contributed by atoms with Crippen molar-refractivity contribution in [2.24, 2.45) is 0 Å². The number of rotatable bonds is 2. The van der Waals surface area contributed by atoms with Crippen molar-refractivity contribution < 1.29 is 22.5 Å². The van der Waals surface area contributed by atoms with Crippen LogP contribution in [0.15, 0.2) is 0 Å². The predicted octanol–water partition coefficient (Wildman–Crippen LogP) is 3.31. The Morgan fingerprint density at radius 3 is 1.73 bits per heavy atom. The first kappa shape index (κ1) is 19.6. The van der Waals surface area contributed by atoms with Crippen LogP contribution in [0.25, 0.3) is 0 Å². The number of hydrogen-bond donors (Lipinski definition) is 1. The highest BCUT2D eigenvalue weighted by Crippen LogP contribution is 2.24. The van der Waals surface area contributed by atoms with Crippen LogP contribution in [0.5, 0.6) is 0 Å². The third kappa shape index (κ3) is 8.25. The largest absolute Gasteiger partial charge is 0.359 e. The van der Waals surface area contributed by atoms with E-state index in [-0.39, 0.29) is 12.8 Å². The van der Waals surface area contributed by atoms with Gasteiger partial charge in [0.25, 0.3) is 10.1 Å². The third-order valence-corrected chi connectivity index (χ3v) is 4.72. The Morgan fingerprint density at radius 1 is 0.864 bits per heavy atom. The zero-order valence-corrected chi connectivity index (χ0v) is 14.5. The second-order valence-electron chi connectivity index (χ2n) is 6.38. The van der Waals surface area contributed by atoms with Crippen LogP contribution >= 0.6 is 0 Å². The van der Waals surface area contributed by atoms with Gasteiger partial charge in [0.2, 0.25) is 5.79 Å². The van der Waals surface area contributed by atoms with E-state index in [2.05, 4.69) is 0 Å². The molecule has 1 N–H and O–H groups in total. The number of carbonyl (C=O) groups is 1. The molecule has 0 heterocycles. The average Bonchev–Trinajstić information content (AvgIpc) is 2.41. The van der Waals surface area contributed by atoms with Crippen molar-refractivity contribution in [1.29, 1.82) is 0 Å². The Labute approximate surface area is 134 Å². The molecular weight excluding hydrogens is 304 g/mol. The Bertz CT molecular complexity index is 432. The van der Waals surface area contributed by atoms with Gasteiger partial charge in [0.15, 0.2) is 5.78 Å². The van der Waals surface area contributed by atoms with Crippen molar-refractivity contribution in [3.8, 4) is 0 Å². The fourth-order valence-electron chi connectivity index (χ4n) is 2.91. The molecule has 1 rings (SSSR count). The maximum absolute atomic E-state index is 12.2. The van der Waals surface area contributed by atoms with Crippen molar-refractivity contribution in [1.82, 2.24) is 0 Å². The summed E-state index contributed by atoms with van der Waals surface area (Å²) in [5, 5.41) is 10.4. The summed E-state index contributed by atoms with van der Waals surface area (Å²) in [7, 11) is -3.87. The molecule has 0 spiro atoms. The number of ketones is 1. The second-order valence-corrected chi connectivity index (χ2v) is 7.96. The molecule has 1 unspecified atom stereocenters. The molecule has 0 aromatic carbocycles. The van der Waals surface area contributed by atoms with Crippen LogP contribution in [0.3, 0.4) is 0 Å². The summed E-state index contributed by atoms with van der Waals surface area (Å²) >= 11 is 0. The smallest absolute Gasteiger partial charge is 0.267 e. The van der Waals surface area contributed by atoms with Gasteiger partial charge in [-0.05, 0) is 12.8 Å². The van der Waals surface area contributed by atoms with Gasteiger partial charge in [0.1, 0.15) is 0 Å². The number of hydrogen-bond acceptors (Lipinski definition) is 5. The number of aliphatic hydroxyl groups is 1. The SMILES string of the molecule is CS(=O)(=O)OC1(O)CCCCCCCCCCCCCC1=O. The highest BCUT2D eigenvalue weighted by Gasteiger charge is 2.39. The van der Waals surface area contributed by atoms with Gasteiger partial charge in [-0.15, -0.1) is 0 Å². The first-order valence-electron chi connectivity index (χ1n) is 8.50. The van der Waals surface area contributed by atoms with Crippen LogP contribution < -0.4 is 0 Å². The van der Waals surface area contributed by atoms with Crippen LogP contribution in [0.1, 0.15) is 83.5 Å². The molecule has 5 nitrogen and oxygen atoms in total. The van der Waals surface area contributed by atoms with E-state index in [0.717, 1.165) is 38.4 Å². The number of Topliss-reactive ketones (excluding diaryl/α,β-unsaturated/α-hetero) is 1. The highest BCUT2D eigenvalue weighted by molar-refractivity contribution is 7.86. The van der Waals surface area contributed by atoms with Gasteiger partial charge >= 0.3 is 0 Å². The Morgan fingerprint density at radius 2 is 1.27 bits per heavy atom. The molecule has 1 aliphatic carbocycles. The zero-order valence-electron chi connectivity index (χ0n) is 13.7. The lowest BCUT2D eigenvalue weighted by Crippen LogP contribution is -2.43. The summed E-state index contributed by atoms with van der Waals surface area (Å²) in [4.78, 5) is 12.2. The summed E-state index contributed by atoms with van der Waals surface area (Å²) < 4.78 is 27.4. The molecule has 1 saturated carbocycles. The average molecular weight is 334 g/mol. The summed E-state index contributed by atoms with van der Waals surface area (Å²) in [6.45, 7) is 0. The molecule has 1 atom stereocenters. The molecule has 0 radical (unpaired) electrons. The van der Waals surface area contributed by atoms with Crippen molar-refractivity contribution in [2.75, 3.05) is 6.26 Å². The Balaban J connectivity index is 2.66. The van der Waals surface area contributed by atoms with Crippen molar-refractivity contribution >= 4 is 15.9 Å². The van der Waals surface area contributed by atoms with Crippen LogP contribution in [-0.2, 0) is 19.1 Å². The zero-order chi connectivity index (χ0) is 16.5. The molecule has 0 aliphatic heterocycles. The molecule has 22 heavy (non-hydrogen) atoms. The van der Waals surface area contributed by atoms with Crippen LogP contribution in [0.4, 0.5) is 0 Å². The maximum Gasteiger partial charge on any atom is 0.267 e. The van der Waals surface area contributed by atoms with Gasteiger partial charge < -0.3 is 5.11 Å². The van der Waals surface area contributed by atoms with Gasteiger partial charge in [-0.25, -0.2) is 4.18 Å². The lowest BCUT2D eigenvalue weighted by atomic mass is 9.98. The fraction of sp³-hybridized carbons (Fsp3) is 0.938. The number of carbonyl (C=O) groups excluding carboxylic acids is 1. The van der Waals surface area contributed by atoms with Crippen molar-refractivity contribution in [2.45, 2.75) is 89.3 Å². The topological polar surface area (TPSA) is 80.7 Å². The molecule has 0 amide bonds. The predicted molar refractivity (Wildman–Crippen MR) is 85.9 cm³/mol. The van der Waals surface area contributed by atoms with Gasteiger partial charge in [0, 0.05) is 12.8 Å². The molecule has 0 bridgehead atoms. The van der Waals surface area contributed by atoms with Gasteiger partial charge in [-0.2, -0.15) is 8.42 Å². The lowest BCUT2D eigenvalue weighted by molar-refractivity contribution is -0.173. The standard InChI is InChI=1S/C16H30O5S/c1-22(19,20)21-16(18)14-12-10-8-6-4-2-3-5-7-9-11-13-15(16)17/h18H,2-14H2,1H3. The van der Waals surface area contributed by atoms with E-state index in [1.807, 2.05) is 0 Å². The maximum atomic E-state index is 12.2. The molecule has 6 heteroatoms. The lowest BCUT2D eigenvalue weighted by Gasteiger charge is -2.25. The molecule has 130 valence electrons. The van der Waals surface area contributed by atoms with Gasteiger partial charge in [-0.3, -0.25) is 4.79 Å². The fourth-order valence-corrected chi connectivity index (χ4v) is 3.59. The van der Waals surface area contributed by atoms with Crippen molar-refractivity contribution in [3.63, 3.8) is 0 Å². The van der Waals surface area contributed by atoms with Crippen molar-refractivity contribution in [3.05, 3.63) is 0 Å². The molecule has 1 aliphatic rings. The summed E-state index contributed by atoms with van der Waals surface area (Å²) in [5.41, 5.74) is 0. The minimum Gasteiger partial charge on any atom is -0.359 e. The minimum atomic E-state index is -3.87. The van der Waals surface area contributed by atoms with E-state index < -0.39 is 21.7 Å². The molecule has 1 fully saturated rings. The quantitative estimate of drug-likeness (QED) is 0.619. The third-order valence-electron chi connectivity index (χ3n) is 4.14. The van der Waals surface area contributed by atoms with E-state index >= 15 is 0 Å². The molecule has 0 aromatic rings. The summed E-state index contributed by atoms with van der Waals surface area (Å²) in [5.74, 6) is -2.68. The van der Waals surface area contributed by atoms with Crippen LogP contribution in [0.2, 0.25) is 0 Å². The van der Waals surface area contributed by atoms with E-state index in [0.29, 0.717) is 12.8 Å². The minimum absolute atomic E-state index is 0.0545. The van der Waals surface area contributed by atoms with Gasteiger partial charge in [-0.1, -0.05) is 57.8 Å². The van der Waals surface area contributed by atoms with E-state index in [9.17, 15) is 18.3 Å². The van der Waals surface area contributed by atoms with Gasteiger partial charge in [0.05, 0.1) is 6.26 Å². The molecular formula is C16H30O5S. The van der Waals surface area contributed by atoms with E-state index in [1.165, 1.54) is 25.7 Å². The Kier molecular flexibility index (Phi) is 8.57. The highest BCUT2D eigenvalue weighted by atomic mass is 32.2. The van der Waals surface area contributed by atoms with Crippen LogP contribution in [-0.4, -0.2) is 31.4 Å².